The number of nitrogens with zero attached hydrogens (tertiary/aromatic N) is 3. The Morgan fingerprint density at radius 3 is 2.26 bits per heavy atom. The molecule has 1 aromatic heterocycles. The van der Waals surface area contributed by atoms with Crippen LogP contribution in [0.5, 0.6) is 11.5 Å². The summed E-state index contributed by atoms with van der Waals surface area (Å²) in [6, 6.07) is 20.4. The summed E-state index contributed by atoms with van der Waals surface area (Å²) in [7, 11) is 3.21. The number of amides is 1. The molecule has 0 radical (unpaired) electrons. The summed E-state index contributed by atoms with van der Waals surface area (Å²) in [6.45, 7) is 2.03. The van der Waals surface area contributed by atoms with Crippen LogP contribution in [-0.2, 0) is 0 Å². The van der Waals surface area contributed by atoms with Crippen LogP contribution in [0.3, 0.4) is 0 Å². The number of aromatic nitrogens is 1. The molecule has 0 N–H and O–H groups in total. The van der Waals surface area contributed by atoms with E-state index in [9.17, 15) is 4.79 Å². The van der Waals surface area contributed by atoms with Crippen molar-refractivity contribution >= 4 is 38.8 Å². The molecule has 0 atom stereocenters. The number of hydrazone groups is 1. The van der Waals surface area contributed by atoms with Gasteiger partial charge in [-0.05, 0) is 78.7 Å². The molecule has 31 heavy (non-hydrogen) atoms. The zero-order chi connectivity index (χ0) is 21.8. The summed E-state index contributed by atoms with van der Waals surface area (Å²) in [6.07, 6.45) is 1.64. The van der Waals surface area contributed by atoms with Crippen LogP contribution in [0.15, 0.2) is 71.8 Å². The fraction of sp³-hybridized carbons (Fsp3) is 0.125. The van der Waals surface area contributed by atoms with E-state index in [-0.39, 0.29) is 5.91 Å². The third kappa shape index (κ3) is 4.57. The highest BCUT2D eigenvalue weighted by atomic mass is 32.1. The summed E-state index contributed by atoms with van der Waals surface area (Å²) in [5.41, 5.74) is 3.30. The van der Waals surface area contributed by atoms with E-state index in [0.717, 1.165) is 27.1 Å². The first kappa shape index (κ1) is 20.6. The van der Waals surface area contributed by atoms with Crippen molar-refractivity contribution in [2.24, 2.45) is 5.10 Å². The van der Waals surface area contributed by atoms with Crippen molar-refractivity contribution in [1.82, 2.24) is 4.98 Å². The summed E-state index contributed by atoms with van der Waals surface area (Å²) in [5, 5.41) is 6.34. The van der Waals surface area contributed by atoms with Crippen LogP contribution in [0.2, 0.25) is 0 Å². The second kappa shape index (κ2) is 8.97. The van der Waals surface area contributed by atoms with E-state index >= 15 is 0 Å². The lowest BCUT2D eigenvalue weighted by atomic mass is 10.2. The Bertz CT molecular complexity index is 1230. The molecule has 3 aromatic carbocycles. The predicted molar refractivity (Wildman–Crippen MR) is 125 cm³/mol. The molecule has 0 aliphatic heterocycles. The molecule has 0 unspecified atom stereocenters. The Hall–Kier alpha value is -3.71. The van der Waals surface area contributed by atoms with Gasteiger partial charge in [0.25, 0.3) is 5.91 Å². The minimum atomic E-state index is -0.275. The average molecular weight is 432 g/mol. The third-order valence-corrected chi connectivity index (χ3v) is 5.67. The number of carbonyl (C=O) groups is 1. The van der Waals surface area contributed by atoms with Gasteiger partial charge < -0.3 is 9.47 Å². The van der Waals surface area contributed by atoms with Crippen LogP contribution in [0.25, 0.3) is 10.2 Å². The molecule has 1 heterocycles. The summed E-state index contributed by atoms with van der Waals surface area (Å²) in [5.74, 6) is 1.16. The van der Waals surface area contributed by atoms with Gasteiger partial charge in [0.15, 0.2) is 0 Å². The Morgan fingerprint density at radius 1 is 0.968 bits per heavy atom. The van der Waals surface area contributed by atoms with Gasteiger partial charge in [-0.3, -0.25) is 4.79 Å². The lowest BCUT2D eigenvalue weighted by molar-refractivity contribution is 0.0988. The van der Waals surface area contributed by atoms with Gasteiger partial charge in [-0.2, -0.15) is 10.1 Å². The van der Waals surface area contributed by atoms with E-state index in [1.807, 2.05) is 43.3 Å². The number of fused-ring (bicyclic) bond motifs is 1. The standard InChI is InChI=1S/C24H21N3O3S/c1-16-4-13-21-22(14-16)31-24(26-21)27(23(28)18-7-11-20(30-3)12-8-18)25-15-17-5-9-19(29-2)10-6-17/h4-15H,1-3H3/b25-15+. The zero-order valence-corrected chi connectivity index (χ0v) is 18.2. The van der Waals surface area contributed by atoms with Crippen LogP contribution in [-0.4, -0.2) is 31.3 Å². The smallest absolute Gasteiger partial charge is 0.280 e. The number of rotatable bonds is 6. The number of ether oxygens (including phenoxy) is 2. The van der Waals surface area contributed by atoms with Crippen molar-refractivity contribution in [3.63, 3.8) is 0 Å². The Balaban J connectivity index is 1.72. The molecular weight excluding hydrogens is 410 g/mol. The lowest BCUT2D eigenvalue weighted by Crippen LogP contribution is -2.25. The molecule has 4 rings (SSSR count). The molecule has 0 aliphatic carbocycles. The van der Waals surface area contributed by atoms with Crippen molar-refractivity contribution < 1.29 is 14.3 Å². The molecule has 1 amide bonds. The van der Waals surface area contributed by atoms with E-state index in [0.29, 0.717) is 16.4 Å². The molecule has 0 saturated carbocycles. The Labute approximate surface area is 184 Å². The highest BCUT2D eigenvalue weighted by Crippen LogP contribution is 2.31. The van der Waals surface area contributed by atoms with Crippen molar-refractivity contribution in [2.45, 2.75) is 6.92 Å². The van der Waals surface area contributed by atoms with Crippen molar-refractivity contribution in [1.29, 1.82) is 0 Å². The van der Waals surface area contributed by atoms with Gasteiger partial charge >= 0.3 is 0 Å². The van der Waals surface area contributed by atoms with Gasteiger partial charge in [-0.25, -0.2) is 4.98 Å². The predicted octanol–water partition coefficient (Wildman–Crippen LogP) is 5.30. The maximum Gasteiger partial charge on any atom is 0.280 e. The third-order valence-electron chi connectivity index (χ3n) is 4.68. The van der Waals surface area contributed by atoms with Crippen LogP contribution in [0.1, 0.15) is 21.5 Å². The first-order chi connectivity index (χ1) is 15.1. The van der Waals surface area contributed by atoms with Crippen molar-refractivity contribution in [3.8, 4) is 11.5 Å². The van der Waals surface area contributed by atoms with Crippen molar-refractivity contribution in [2.75, 3.05) is 19.2 Å². The van der Waals surface area contributed by atoms with Gasteiger partial charge in [-0.1, -0.05) is 17.4 Å². The molecule has 156 valence electrons. The number of anilines is 1. The topological polar surface area (TPSA) is 64.0 Å². The quantitative estimate of drug-likeness (QED) is 0.307. The molecule has 7 heteroatoms. The Kier molecular flexibility index (Phi) is 5.95. The highest BCUT2D eigenvalue weighted by molar-refractivity contribution is 7.22. The Morgan fingerprint density at radius 2 is 1.61 bits per heavy atom. The average Bonchev–Trinajstić information content (AvgIpc) is 3.22. The first-order valence-electron chi connectivity index (χ1n) is 9.61. The number of methoxy groups -OCH3 is 2. The van der Waals surface area contributed by atoms with E-state index in [1.54, 1.807) is 44.7 Å². The fourth-order valence-electron chi connectivity index (χ4n) is 2.97. The minimum absolute atomic E-state index is 0.275. The monoisotopic (exact) mass is 431 g/mol. The first-order valence-corrected chi connectivity index (χ1v) is 10.4. The van der Waals surface area contributed by atoms with Crippen molar-refractivity contribution in [3.05, 3.63) is 83.4 Å². The molecule has 0 saturated heterocycles. The van der Waals surface area contributed by atoms with Gasteiger partial charge in [0.2, 0.25) is 5.13 Å². The van der Waals surface area contributed by atoms with Gasteiger partial charge in [0.05, 0.1) is 30.7 Å². The van der Waals surface area contributed by atoms with E-state index in [2.05, 4.69) is 16.2 Å². The minimum Gasteiger partial charge on any atom is -0.497 e. The molecule has 0 bridgehead atoms. The van der Waals surface area contributed by atoms with Crippen LogP contribution in [0, 0.1) is 6.92 Å². The molecule has 0 spiro atoms. The van der Waals surface area contributed by atoms with Gasteiger partial charge in [0.1, 0.15) is 11.5 Å². The summed E-state index contributed by atoms with van der Waals surface area (Å²) < 4.78 is 11.4. The largest absolute Gasteiger partial charge is 0.497 e. The number of benzene rings is 3. The summed E-state index contributed by atoms with van der Waals surface area (Å²) in [4.78, 5) is 18.0. The number of aryl methyl sites for hydroxylation is 1. The molecule has 6 nitrogen and oxygen atoms in total. The molecule has 0 aliphatic rings. The second-order valence-corrected chi connectivity index (χ2v) is 7.84. The molecule has 0 fully saturated rings. The van der Waals surface area contributed by atoms with E-state index in [4.69, 9.17) is 9.47 Å². The molecule has 4 aromatic rings. The SMILES string of the molecule is COc1ccc(/C=N/N(C(=O)c2ccc(OC)cc2)c2nc3ccc(C)cc3s2)cc1. The normalized spacial score (nSPS) is 11.1. The number of hydrogen-bond acceptors (Lipinski definition) is 6. The number of thiazole rings is 1. The van der Waals surface area contributed by atoms with E-state index in [1.165, 1.54) is 16.3 Å². The zero-order valence-electron chi connectivity index (χ0n) is 17.4. The number of hydrogen-bond donors (Lipinski definition) is 0. The fourth-order valence-corrected chi connectivity index (χ4v) is 3.99. The maximum absolute atomic E-state index is 13.3. The summed E-state index contributed by atoms with van der Waals surface area (Å²) >= 11 is 1.43. The second-order valence-electron chi connectivity index (χ2n) is 6.83. The van der Waals surface area contributed by atoms with E-state index < -0.39 is 0 Å². The van der Waals surface area contributed by atoms with Crippen LogP contribution >= 0.6 is 11.3 Å². The molecular formula is C24H21N3O3S. The highest BCUT2D eigenvalue weighted by Gasteiger charge is 2.21. The van der Waals surface area contributed by atoms with Gasteiger partial charge in [-0.15, -0.1) is 0 Å². The van der Waals surface area contributed by atoms with Gasteiger partial charge in [0, 0.05) is 5.56 Å². The number of carbonyl (C=O) groups excluding carboxylic acids is 1. The lowest BCUT2D eigenvalue weighted by Gasteiger charge is -2.14. The maximum atomic E-state index is 13.3. The van der Waals surface area contributed by atoms with Crippen LogP contribution < -0.4 is 14.5 Å². The van der Waals surface area contributed by atoms with Crippen LogP contribution in [0.4, 0.5) is 5.13 Å².